The molecule has 0 saturated heterocycles. The molecule has 0 spiro atoms. The Morgan fingerprint density at radius 1 is 1.38 bits per heavy atom. The second-order valence-corrected chi connectivity index (χ2v) is 4.56. The Morgan fingerprint density at radius 2 is 2.14 bits per heavy atom. The van der Waals surface area contributed by atoms with Gasteiger partial charge >= 0.3 is 5.97 Å². The van der Waals surface area contributed by atoms with Crippen LogP contribution in [0.4, 0.5) is 0 Å². The number of aromatic carboxylic acids is 1. The lowest BCUT2D eigenvalue weighted by Crippen LogP contribution is -2.24. The van der Waals surface area contributed by atoms with Gasteiger partial charge in [-0.05, 0) is 25.1 Å². The number of carboxylic acids is 1. The zero-order valence-electron chi connectivity index (χ0n) is 11.1. The quantitative estimate of drug-likeness (QED) is 0.781. The first-order valence-corrected chi connectivity index (χ1v) is 6.21. The van der Waals surface area contributed by atoms with Gasteiger partial charge in [0.25, 0.3) is 5.56 Å². The Hall–Kier alpha value is -2.96. The van der Waals surface area contributed by atoms with Gasteiger partial charge in [0, 0.05) is 0 Å². The van der Waals surface area contributed by atoms with E-state index in [4.69, 9.17) is 9.52 Å². The lowest BCUT2D eigenvalue weighted by atomic mass is 10.2. The molecule has 7 nitrogen and oxygen atoms in total. The van der Waals surface area contributed by atoms with Crippen LogP contribution in [0.1, 0.15) is 21.9 Å². The van der Waals surface area contributed by atoms with Crippen molar-refractivity contribution in [3.63, 3.8) is 0 Å². The molecule has 3 rings (SSSR count). The number of fused-ring (bicyclic) bond motifs is 1. The summed E-state index contributed by atoms with van der Waals surface area (Å²) in [5, 5.41) is 17.2. The molecule has 2 aromatic heterocycles. The van der Waals surface area contributed by atoms with Crippen molar-refractivity contribution in [2.24, 2.45) is 0 Å². The summed E-state index contributed by atoms with van der Waals surface area (Å²) in [6, 6.07) is 8.28. The Bertz CT molecular complexity index is 895. The van der Waals surface area contributed by atoms with Crippen LogP contribution in [-0.2, 0) is 6.54 Å². The Kier molecular flexibility index (Phi) is 3.02. The molecule has 0 amide bonds. The van der Waals surface area contributed by atoms with E-state index in [2.05, 4.69) is 10.3 Å². The van der Waals surface area contributed by atoms with E-state index in [0.717, 1.165) is 4.68 Å². The predicted octanol–water partition coefficient (Wildman–Crippen LogP) is 1.44. The molecule has 0 unspecified atom stereocenters. The van der Waals surface area contributed by atoms with Gasteiger partial charge in [-0.1, -0.05) is 17.3 Å². The van der Waals surface area contributed by atoms with Gasteiger partial charge in [-0.2, -0.15) is 0 Å². The molecular weight excluding hydrogens is 274 g/mol. The highest BCUT2D eigenvalue weighted by Gasteiger charge is 2.15. The molecule has 0 bridgehead atoms. The number of carbonyl (C=O) groups is 1. The molecule has 3 aromatic rings. The van der Waals surface area contributed by atoms with Crippen molar-refractivity contribution >= 4 is 16.9 Å². The van der Waals surface area contributed by atoms with Crippen LogP contribution in [0, 0.1) is 6.92 Å². The first-order valence-electron chi connectivity index (χ1n) is 6.21. The van der Waals surface area contributed by atoms with Crippen LogP contribution >= 0.6 is 0 Å². The topological polar surface area (TPSA) is 98.2 Å². The second-order valence-electron chi connectivity index (χ2n) is 4.56. The third-order valence-electron chi connectivity index (χ3n) is 3.13. The fraction of sp³-hybridized carbons (Fsp3) is 0.143. The zero-order valence-corrected chi connectivity index (χ0v) is 11.1. The van der Waals surface area contributed by atoms with E-state index in [0.29, 0.717) is 22.4 Å². The minimum absolute atomic E-state index is 0.0325. The monoisotopic (exact) mass is 285 g/mol. The number of aryl methyl sites for hydroxylation is 1. The predicted molar refractivity (Wildman–Crippen MR) is 73.3 cm³/mol. The number of rotatable bonds is 3. The highest BCUT2D eigenvalue weighted by atomic mass is 16.4. The number of carboxylic acid groups (broad SMARTS) is 1. The molecule has 0 aliphatic rings. The van der Waals surface area contributed by atoms with Crippen LogP contribution in [0.2, 0.25) is 0 Å². The van der Waals surface area contributed by atoms with Crippen molar-refractivity contribution in [1.29, 1.82) is 0 Å². The van der Waals surface area contributed by atoms with Crippen molar-refractivity contribution in [3.05, 3.63) is 57.8 Å². The summed E-state index contributed by atoms with van der Waals surface area (Å²) in [5.41, 5.74) is 0.291. The summed E-state index contributed by atoms with van der Waals surface area (Å²) < 4.78 is 6.48. The summed E-state index contributed by atoms with van der Waals surface area (Å²) in [6.45, 7) is 1.59. The molecule has 1 N–H and O–H groups in total. The maximum absolute atomic E-state index is 12.3. The maximum atomic E-state index is 12.3. The van der Waals surface area contributed by atoms with Gasteiger partial charge in [0.05, 0.1) is 5.39 Å². The first-order chi connectivity index (χ1) is 10.1. The van der Waals surface area contributed by atoms with Crippen LogP contribution in [0.5, 0.6) is 0 Å². The molecule has 1 aromatic carbocycles. The molecule has 0 aliphatic heterocycles. The molecule has 0 atom stereocenters. The first kappa shape index (κ1) is 13.0. The molecule has 0 radical (unpaired) electrons. The van der Waals surface area contributed by atoms with Crippen LogP contribution in [-0.4, -0.2) is 26.1 Å². The van der Waals surface area contributed by atoms with Gasteiger partial charge in [0.2, 0.25) is 0 Å². The molecule has 106 valence electrons. The van der Waals surface area contributed by atoms with Gasteiger partial charge in [0.15, 0.2) is 0 Å². The number of benzene rings is 1. The minimum atomic E-state index is -1.07. The number of aromatic nitrogens is 3. The van der Waals surface area contributed by atoms with Crippen molar-refractivity contribution in [3.8, 4) is 0 Å². The largest absolute Gasteiger partial charge is 0.478 e. The fourth-order valence-corrected chi connectivity index (χ4v) is 2.11. The van der Waals surface area contributed by atoms with E-state index in [9.17, 15) is 9.59 Å². The molecule has 2 heterocycles. The lowest BCUT2D eigenvalue weighted by Gasteiger charge is -2.02. The molecule has 21 heavy (non-hydrogen) atoms. The molecule has 7 heteroatoms. The van der Waals surface area contributed by atoms with E-state index < -0.39 is 5.97 Å². The summed E-state index contributed by atoms with van der Waals surface area (Å²) in [7, 11) is 0. The van der Waals surface area contributed by atoms with Gasteiger partial charge < -0.3 is 9.52 Å². The van der Waals surface area contributed by atoms with Crippen LogP contribution in [0.25, 0.3) is 10.9 Å². The van der Waals surface area contributed by atoms with Crippen molar-refractivity contribution in [2.45, 2.75) is 13.5 Å². The summed E-state index contributed by atoms with van der Waals surface area (Å²) in [5.74, 6) is -0.435. The number of hydrogen-bond acceptors (Lipinski definition) is 5. The average molecular weight is 285 g/mol. The van der Waals surface area contributed by atoms with E-state index in [-0.39, 0.29) is 17.7 Å². The second kappa shape index (κ2) is 4.86. The molecular formula is C14H11N3O4. The molecule has 0 saturated carbocycles. The van der Waals surface area contributed by atoms with Gasteiger partial charge in [0.1, 0.15) is 29.1 Å². The average Bonchev–Trinajstić information content (AvgIpc) is 2.83. The fourth-order valence-electron chi connectivity index (χ4n) is 2.11. The van der Waals surface area contributed by atoms with E-state index in [1.54, 1.807) is 31.2 Å². The van der Waals surface area contributed by atoms with E-state index in [1.165, 1.54) is 6.07 Å². The highest BCUT2D eigenvalue weighted by molar-refractivity contribution is 5.88. The van der Waals surface area contributed by atoms with Crippen molar-refractivity contribution in [2.75, 3.05) is 0 Å². The van der Waals surface area contributed by atoms with Crippen molar-refractivity contribution in [1.82, 2.24) is 15.0 Å². The molecule has 0 fully saturated rings. The number of furan rings is 1. The number of nitrogens with zero attached hydrogens (tertiary/aromatic N) is 3. The summed E-state index contributed by atoms with van der Waals surface area (Å²) in [6.07, 6.45) is 0. The standard InChI is InChI=1S/C14H11N3O4/c1-8-11(14(19)20)6-9(21-8)7-17-13(18)10-4-2-3-5-12(10)15-16-17/h2-6H,7H2,1H3,(H,19,20). The maximum Gasteiger partial charge on any atom is 0.339 e. The minimum Gasteiger partial charge on any atom is -0.478 e. The summed E-state index contributed by atoms with van der Waals surface area (Å²) >= 11 is 0. The van der Waals surface area contributed by atoms with Crippen LogP contribution in [0.15, 0.2) is 39.5 Å². The van der Waals surface area contributed by atoms with Gasteiger partial charge in [-0.3, -0.25) is 4.79 Å². The zero-order chi connectivity index (χ0) is 15.0. The summed E-state index contributed by atoms with van der Waals surface area (Å²) in [4.78, 5) is 23.2. The van der Waals surface area contributed by atoms with Gasteiger partial charge in [-0.25, -0.2) is 9.48 Å². The third-order valence-corrected chi connectivity index (χ3v) is 3.13. The van der Waals surface area contributed by atoms with Gasteiger partial charge in [-0.15, -0.1) is 5.10 Å². The third kappa shape index (κ3) is 2.29. The van der Waals surface area contributed by atoms with E-state index in [1.807, 2.05) is 0 Å². The Morgan fingerprint density at radius 3 is 2.86 bits per heavy atom. The lowest BCUT2D eigenvalue weighted by molar-refractivity contribution is 0.0695. The van der Waals surface area contributed by atoms with E-state index >= 15 is 0 Å². The Balaban J connectivity index is 2.02. The highest BCUT2D eigenvalue weighted by Crippen LogP contribution is 2.15. The van der Waals surface area contributed by atoms with Crippen molar-refractivity contribution < 1.29 is 14.3 Å². The SMILES string of the molecule is Cc1oc(Cn2nnc3ccccc3c2=O)cc1C(=O)O. The van der Waals surface area contributed by atoms with Crippen LogP contribution < -0.4 is 5.56 Å². The normalized spacial score (nSPS) is 10.9. The molecule has 0 aliphatic carbocycles. The number of hydrogen-bond donors (Lipinski definition) is 1. The van der Waals surface area contributed by atoms with Crippen LogP contribution in [0.3, 0.4) is 0 Å². The Labute approximate surface area is 118 Å². The smallest absolute Gasteiger partial charge is 0.339 e.